The van der Waals surface area contributed by atoms with Crippen molar-refractivity contribution in [2.75, 3.05) is 38.2 Å². The Morgan fingerprint density at radius 3 is 3.10 bits per heavy atom. The number of hydrogen-bond donors (Lipinski definition) is 3. The second-order valence-electron chi connectivity index (χ2n) is 5.16. The first kappa shape index (κ1) is 15.9. The van der Waals surface area contributed by atoms with Crippen molar-refractivity contribution in [2.24, 2.45) is 0 Å². The third kappa shape index (κ3) is 4.27. The van der Waals surface area contributed by atoms with E-state index in [0.29, 0.717) is 19.8 Å². The summed E-state index contributed by atoms with van der Waals surface area (Å²) in [6, 6.07) is 5.71. The van der Waals surface area contributed by atoms with E-state index in [-0.39, 0.29) is 18.4 Å². The van der Waals surface area contributed by atoms with Gasteiger partial charge in [-0.25, -0.2) is 0 Å². The Bertz CT molecular complexity index is 477. The topological polar surface area (TPSA) is 70.6 Å². The third-order valence-electron chi connectivity index (χ3n) is 3.70. The molecule has 0 aromatic heterocycles. The molecular weight excluding hydrogens is 268 g/mol. The molecule has 5 nitrogen and oxygen atoms in total. The molecule has 0 spiro atoms. The standard InChI is InChI=1S/C16H24N2O3/c1-2-14(18-7-9-21-10-8-19)16(20)13-3-4-15-12(11-13)5-6-17-15/h3-4,11,14,17-19H,2,5-10H2,1H3. The minimum atomic E-state index is -0.185. The quantitative estimate of drug-likeness (QED) is 0.471. The molecule has 1 atom stereocenters. The van der Waals surface area contributed by atoms with E-state index in [2.05, 4.69) is 10.6 Å². The molecule has 0 saturated heterocycles. The molecule has 0 bridgehead atoms. The number of nitrogens with one attached hydrogen (secondary N) is 2. The summed E-state index contributed by atoms with van der Waals surface area (Å²) in [6.45, 7) is 4.42. The predicted octanol–water partition coefficient (Wildman–Crippen LogP) is 1.21. The van der Waals surface area contributed by atoms with Gasteiger partial charge in [0.15, 0.2) is 5.78 Å². The van der Waals surface area contributed by atoms with Crippen molar-refractivity contribution >= 4 is 11.5 Å². The van der Waals surface area contributed by atoms with Gasteiger partial charge in [-0.2, -0.15) is 0 Å². The number of anilines is 1. The van der Waals surface area contributed by atoms with Crippen LogP contribution in [0.1, 0.15) is 29.3 Å². The van der Waals surface area contributed by atoms with Crippen molar-refractivity contribution in [1.29, 1.82) is 0 Å². The molecule has 1 aliphatic rings. The zero-order chi connectivity index (χ0) is 15.1. The van der Waals surface area contributed by atoms with E-state index in [9.17, 15) is 4.79 Å². The van der Waals surface area contributed by atoms with Crippen LogP contribution < -0.4 is 10.6 Å². The second-order valence-corrected chi connectivity index (χ2v) is 5.16. The Morgan fingerprint density at radius 2 is 2.33 bits per heavy atom. The number of aliphatic hydroxyl groups excluding tert-OH is 1. The van der Waals surface area contributed by atoms with E-state index < -0.39 is 0 Å². The summed E-state index contributed by atoms with van der Waals surface area (Å²) in [6.07, 6.45) is 1.73. The normalized spacial score (nSPS) is 14.6. The van der Waals surface area contributed by atoms with Gasteiger partial charge in [-0.3, -0.25) is 4.79 Å². The highest BCUT2D eigenvalue weighted by molar-refractivity contribution is 6.00. The van der Waals surface area contributed by atoms with Crippen molar-refractivity contribution < 1.29 is 14.6 Å². The average molecular weight is 292 g/mol. The third-order valence-corrected chi connectivity index (χ3v) is 3.70. The Hall–Kier alpha value is -1.43. The van der Waals surface area contributed by atoms with Crippen molar-refractivity contribution in [3.63, 3.8) is 0 Å². The van der Waals surface area contributed by atoms with Crippen LogP contribution >= 0.6 is 0 Å². The number of ketones is 1. The highest BCUT2D eigenvalue weighted by atomic mass is 16.5. The first-order valence-corrected chi connectivity index (χ1v) is 7.59. The van der Waals surface area contributed by atoms with Gasteiger partial charge in [-0.1, -0.05) is 6.92 Å². The fourth-order valence-electron chi connectivity index (χ4n) is 2.55. The number of ether oxygens (including phenoxy) is 1. The fraction of sp³-hybridized carbons (Fsp3) is 0.562. The van der Waals surface area contributed by atoms with Crippen molar-refractivity contribution in [2.45, 2.75) is 25.8 Å². The van der Waals surface area contributed by atoms with Crippen LogP contribution in [0.2, 0.25) is 0 Å². The van der Waals surface area contributed by atoms with Gasteiger partial charge in [0.1, 0.15) is 0 Å². The highest BCUT2D eigenvalue weighted by Crippen LogP contribution is 2.23. The van der Waals surface area contributed by atoms with Crippen molar-refractivity contribution in [1.82, 2.24) is 5.32 Å². The molecule has 0 saturated carbocycles. The monoisotopic (exact) mass is 292 g/mol. The Kier molecular flexibility index (Phi) is 6.17. The van der Waals surface area contributed by atoms with Crippen LogP contribution in [0.4, 0.5) is 5.69 Å². The van der Waals surface area contributed by atoms with Gasteiger partial charge in [-0.05, 0) is 36.6 Å². The SMILES string of the molecule is CCC(NCCOCCO)C(=O)c1ccc2c(c1)CCN2. The number of rotatable bonds is 9. The predicted molar refractivity (Wildman–Crippen MR) is 83.0 cm³/mol. The number of carbonyl (C=O) groups excluding carboxylic acids is 1. The molecule has 1 unspecified atom stereocenters. The maximum Gasteiger partial charge on any atom is 0.179 e. The molecule has 0 fully saturated rings. The first-order valence-electron chi connectivity index (χ1n) is 7.59. The molecule has 0 radical (unpaired) electrons. The largest absolute Gasteiger partial charge is 0.394 e. The molecule has 1 aliphatic heterocycles. The number of carbonyl (C=O) groups is 1. The maximum absolute atomic E-state index is 12.5. The number of aliphatic hydroxyl groups is 1. The van der Waals surface area contributed by atoms with E-state index in [1.54, 1.807) is 0 Å². The molecule has 21 heavy (non-hydrogen) atoms. The Labute approximate surface area is 125 Å². The second kappa shape index (κ2) is 8.12. The van der Waals surface area contributed by atoms with E-state index in [4.69, 9.17) is 9.84 Å². The van der Waals surface area contributed by atoms with Crippen LogP contribution in [0.15, 0.2) is 18.2 Å². The van der Waals surface area contributed by atoms with Crippen molar-refractivity contribution in [3.05, 3.63) is 29.3 Å². The number of fused-ring (bicyclic) bond motifs is 1. The zero-order valence-corrected chi connectivity index (χ0v) is 12.5. The van der Waals surface area contributed by atoms with Crippen LogP contribution in [0.3, 0.4) is 0 Å². The molecule has 3 N–H and O–H groups in total. The van der Waals surface area contributed by atoms with E-state index in [1.807, 2.05) is 25.1 Å². The van der Waals surface area contributed by atoms with E-state index >= 15 is 0 Å². The van der Waals surface area contributed by atoms with E-state index in [1.165, 1.54) is 5.56 Å². The van der Waals surface area contributed by atoms with E-state index in [0.717, 1.165) is 30.6 Å². The Balaban J connectivity index is 1.90. The van der Waals surface area contributed by atoms with Gasteiger partial charge in [0.25, 0.3) is 0 Å². The fourth-order valence-corrected chi connectivity index (χ4v) is 2.55. The lowest BCUT2D eigenvalue weighted by Gasteiger charge is -2.16. The van der Waals surface area contributed by atoms with Gasteiger partial charge in [0.05, 0.1) is 25.9 Å². The lowest BCUT2D eigenvalue weighted by molar-refractivity contribution is 0.0860. The molecule has 1 heterocycles. The lowest BCUT2D eigenvalue weighted by Crippen LogP contribution is -2.38. The smallest absolute Gasteiger partial charge is 0.179 e. The summed E-state index contributed by atoms with van der Waals surface area (Å²) in [7, 11) is 0. The highest BCUT2D eigenvalue weighted by Gasteiger charge is 2.19. The summed E-state index contributed by atoms with van der Waals surface area (Å²) in [5.41, 5.74) is 3.14. The lowest BCUT2D eigenvalue weighted by atomic mass is 9.99. The summed E-state index contributed by atoms with van der Waals surface area (Å²) in [5, 5.41) is 15.2. The molecule has 0 amide bonds. The minimum absolute atomic E-state index is 0.0271. The molecular formula is C16H24N2O3. The number of hydrogen-bond acceptors (Lipinski definition) is 5. The minimum Gasteiger partial charge on any atom is -0.394 e. The first-order chi connectivity index (χ1) is 10.3. The Morgan fingerprint density at radius 1 is 1.48 bits per heavy atom. The van der Waals surface area contributed by atoms with Gasteiger partial charge < -0.3 is 20.5 Å². The molecule has 2 rings (SSSR count). The molecule has 116 valence electrons. The van der Waals surface area contributed by atoms with Crippen LogP contribution in [0.5, 0.6) is 0 Å². The zero-order valence-electron chi connectivity index (χ0n) is 12.5. The summed E-state index contributed by atoms with van der Waals surface area (Å²) in [5.74, 6) is 0.134. The molecule has 1 aromatic rings. The summed E-state index contributed by atoms with van der Waals surface area (Å²) < 4.78 is 5.19. The van der Waals surface area contributed by atoms with Crippen LogP contribution in [0.25, 0.3) is 0 Å². The molecule has 1 aromatic carbocycles. The van der Waals surface area contributed by atoms with Crippen LogP contribution in [-0.2, 0) is 11.2 Å². The van der Waals surface area contributed by atoms with Gasteiger partial charge in [0, 0.05) is 24.3 Å². The van der Waals surface area contributed by atoms with Gasteiger partial charge >= 0.3 is 0 Å². The van der Waals surface area contributed by atoms with Crippen LogP contribution in [-0.4, -0.2) is 49.8 Å². The number of benzene rings is 1. The van der Waals surface area contributed by atoms with Crippen LogP contribution in [0, 0.1) is 0 Å². The summed E-state index contributed by atoms with van der Waals surface area (Å²) >= 11 is 0. The molecule has 0 aliphatic carbocycles. The average Bonchev–Trinajstić information content (AvgIpc) is 2.98. The number of Topliss-reactive ketones (excluding diaryl/α,β-unsaturated/α-hetero) is 1. The van der Waals surface area contributed by atoms with Gasteiger partial charge in [0.2, 0.25) is 0 Å². The van der Waals surface area contributed by atoms with Crippen molar-refractivity contribution in [3.8, 4) is 0 Å². The van der Waals surface area contributed by atoms with Gasteiger partial charge in [-0.15, -0.1) is 0 Å². The molecule has 5 heteroatoms. The summed E-state index contributed by atoms with van der Waals surface area (Å²) in [4.78, 5) is 12.5. The maximum atomic E-state index is 12.5.